The number of aryl methyl sites for hydroxylation is 2. The lowest BCUT2D eigenvalue weighted by Gasteiger charge is -2.17. The summed E-state index contributed by atoms with van der Waals surface area (Å²) >= 11 is 6.92. The minimum atomic E-state index is -0.274. The Morgan fingerprint density at radius 2 is 1.62 bits per heavy atom. The number of amides is 1. The maximum Gasteiger partial charge on any atom is 0.237 e. The molecule has 34 heavy (non-hydrogen) atoms. The number of thioether (sulfide) groups is 1. The van der Waals surface area contributed by atoms with Crippen LogP contribution >= 0.6 is 24.0 Å². The Bertz CT molecular complexity index is 1190. The fourth-order valence-corrected chi connectivity index (χ4v) is 4.58. The third kappa shape index (κ3) is 6.92. The van der Waals surface area contributed by atoms with Crippen LogP contribution in [0, 0.1) is 6.92 Å². The van der Waals surface area contributed by atoms with Gasteiger partial charge >= 0.3 is 0 Å². The molecular weight excluding hydrogens is 462 g/mol. The molecule has 7 heteroatoms. The standard InChI is InChI=1S/C27H29N3O2S2/c1-5-20-9-6-8-17(2)25(20)30-26(32)19(4)34-24-11-7-10-23(16-24)29-27(33)28-22-14-12-21(13-15-22)18(3)31/h6-16,19H,5H2,1-4H3,(H,30,32)(H2,28,29,33). The molecule has 0 heterocycles. The number of ketones is 1. The highest BCUT2D eigenvalue weighted by Gasteiger charge is 2.17. The third-order valence-corrected chi connectivity index (χ3v) is 6.61. The quantitative estimate of drug-likeness (QED) is 0.185. The molecule has 0 saturated heterocycles. The van der Waals surface area contributed by atoms with Crippen LogP contribution in [0.5, 0.6) is 0 Å². The molecule has 5 nitrogen and oxygen atoms in total. The molecule has 0 bridgehead atoms. The molecule has 0 aliphatic carbocycles. The van der Waals surface area contributed by atoms with Crippen molar-refractivity contribution in [1.82, 2.24) is 0 Å². The van der Waals surface area contributed by atoms with Crippen molar-refractivity contribution in [3.63, 3.8) is 0 Å². The topological polar surface area (TPSA) is 70.2 Å². The zero-order valence-electron chi connectivity index (χ0n) is 19.8. The van der Waals surface area contributed by atoms with E-state index in [9.17, 15) is 9.59 Å². The maximum absolute atomic E-state index is 12.9. The molecule has 1 atom stereocenters. The minimum absolute atomic E-state index is 0.0224. The van der Waals surface area contributed by atoms with Crippen LogP contribution in [0.1, 0.15) is 42.3 Å². The molecule has 0 radical (unpaired) electrons. The monoisotopic (exact) mass is 491 g/mol. The summed E-state index contributed by atoms with van der Waals surface area (Å²) in [5.41, 5.74) is 5.37. The van der Waals surface area contributed by atoms with Crippen molar-refractivity contribution < 1.29 is 9.59 Å². The number of anilines is 3. The van der Waals surface area contributed by atoms with E-state index in [1.54, 1.807) is 12.1 Å². The van der Waals surface area contributed by atoms with Gasteiger partial charge in [0.2, 0.25) is 5.91 Å². The molecule has 0 aromatic heterocycles. The largest absolute Gasteiger partial charge is 0.332 e. The van der Waals surface area contributed by atoms with Crippen LogP contribution in [0.25, 0.3) is 0 Å². The normalized spacial score (nSPS) is 11.4. The van der Waals surface area contributed by atoms with Crippen molar-refractivity contribution in [1.29, 1.82) is 0 Å². The van der Waals surface area contributed by atoms with Crippen LogP contribution in [0.4, 0.5) is 17.1 Å². The van der Waals surface area contributed by atoms with Gasteiger partial charge in [0.1, 0.15) is 0 Å². The average Bonchev–Trinajstić information content (AvgIpc) is 2.80. The van der Waals surface area contributed by atoms with Crippen molar-refractivity contribution in [3.05, 3.63) is 83.4 Å². The van der Waals surface area contributed by atoms with Gasteiger partial charge in [0, 0.05) is 27.5 Å². The summed E-state index contributed by atoms with van der Waals surface area (Å²) in [4.78, 5) is 25.2. The molecule has 1 unspecified atom stereocenters. The van der Waals surface area contributed by atoms with E-state index in [0.717, 1.165) is 39.5 Å². The number of rotatable bonds is 8. The number of hydrogen-bond acceptors (Lipinski definition) is 4. The molecule has 0 aliphatic heterocycles. The predicted octanol–water partition coefficient (Wildman–Crippen LogP) is 6.69. The average molecular weight is 492 g/mol. The van der Waals surface area contributed by atoms with Gasteiger partial charge in [0.15, 0.2) is 10.9 Å². The van der Waals surface area contributed by atoms with Gasteiger partial charge in [-0.1, -0.05) is 31.2 Å². The number of thiocarbonyl (C=S) groups is 1. The summed E-state index contributed by atoms with van der Waals surface area (Å²) in [7, 11) is 0. The Morgan fingerprint density at radius 3 is 2.29 bits per heavy atom. The van der Waals surface area contributed by atoms with Crippen molar-refractivity contribution in [2.75, 3.05) is 16.0 Å². The molecule has 0 fully saturated rings. The molecule has 0 saturated carbocycles. The number of nitrogens with one attached hydrogen (secondary N) is 3. The highest BCUT2D eigenvalue weighted by atomic mass is 32.2. The summed E-state index contributed by atoms with van der Waals surface area (Å²) in [5, 5.41) is 9.56. The fraction of sp³-hybridized carbons (Fsp3) is 0.222. The molecule has 0 aliphatic rings. The lowest BCUT2D eigenvalue weighted by Crippen LogP contribution is -2.23. The van der Waals surface area contributed by atoms with E-state index in [1.165, 1.54) is 18.7 Å². The van der Waals surface area contributed by atoms with Gasteiger partial charge in [0.25, 0.3) is 0 Å². The Balaban J connectivity index is 1.60. The molecule has 3 rings (SSSR count). The first-order chi connectivity index (χ1) is 16.3. The molecule has 3 N–H and O–H groups in total. The van der Waals surface area contributed by atoms with Gasteiger partial charge in [-0.05, 0) is 93.0 Å². The van der Waals surface area contributed by atoms with E-state index in [2.05, 4.69) is 22.9 Å². The van der Waals surface area contributed by atoms with Crippen molar-refractivity contribution in [2.45, 2.75) is 44.3 Å². The summed E-state index contributed by atoms with van der Waals surface area (Å²) in [5.74, 6) is -0.00672. The number of hydrogen-bond donors (Lipinski definition) is 3. The fourth-order valence-electron chi connectivity index (χ4n) is 3.41. The number of benzene rings is 3. The lowest BCUT2D eigenvalue weighted by atomic mass is 10.1. The minimum Gasteiger partial charge on any atom is -0.332 e. The van der Waals surface area contributed by atoms with Crippen molar-refractivity contribution in [2.24, 2.45) is 0 Å². The highest BCUT2D eigenvalue weighted by Crippen LogP contribution is 2.28. The smallest absolute Gasteiger partial charge is 0.237 e. The molecule has 176 valence electrons. The second kappa shape index (κ2) is 11.8. The van der Waals surface area contributed by atoms with Gasteiger partial charge in [-0.3, -0.25) is 9.59 Å². The van der Waals surface area contributed by atoms with Gasteiger partial charge < -0.3 is 16.0 Å². The van der Waals surface area contributed by atoms with E-state index in [4.69, 9.17) is 12.2 Å². The van der Waals surface area contributed by atoms with Crippen LogP contribution in [0.2, 0.25) is 0 Å². The first-order valence-electron chi connectivity index (χ1n) is 11.1. The molecule has 0 spiro atoms. The van der Waals surface area contributed by atoms with Crippen molar-refractivity contribution >= 4 is 57.8 Å². The molecular formula is C27H29N3O2S2. The van der Waals surface area contributed by atoms with Gasteiger partial charge in [0.05, 0.1) is 5.25 Å². The van der Waals surface area contributed by atoms with Crippen LogP contribution in [-0.2, 0) is 11.2 Å². The Morgan fingerprint density at radius 1 is 0.941 bits per heavy atom. The second-order valence-corrected chi connectivity index (χ2v) is 9.77. The number of para-hydroxylation sites is 1. The molecule has 1 amide bonds. The van der Waals surface area contributed by atoms with E-state index < -0.39 is 0 Å². The number of carbonyl (C=O) groups is 2. The van der Waals surface area contributed by atoms with E-state index in [-0.39, 0.29) is 16.9 Å². The van der Waals surface area contributed by atoms with Crippen molar-refractivity contribution in [3.8, 4) is 0 Å². The third-order valence-electron chi connectivity index (χ3n) is 5.31. The first kappa shape index (κ1) is 25.5. The van der Waals surface area contributed by atoms with E-state index >= 15 is 0 Å². The summed E-state index contributed by atoms with van der Waals surface area (Å²) in [6.45, 7) is 7.54. The Hall–Kier alpha value is -3.16. The summed E-state index contributed by atoms with van der Waals surface area (Å²) in [6, 6.07) is 21.0. The Kier molecular flexibility index (Phi) is 8.85. The number of Topliss-reactive ketones (excluding diaryl/α,β-unsaturated/α-hetero) is 1. The zero-order valence-corrected chi connectivity index (χ0v) is 21.4. The summed E-state index contributed by atoms with van der Waals surface area (Å²) < 4.78 is 0. The van der Waals surface area contributed by atoms with Gasteiger partial charge in [-0.15, -0.1) is 11.8 Å². The van der Waals surface area contributed by atoms with Crippen LogP contribution in [0.3, 0.4) is 0 Å². The lowest BCUT2D eigenvalue weighted by molar-refractivity contribution is -0.115. The highest BCUT2D eigenvalue weighted by molar-refractivity contribution is 8.00. The maximum atomic E-state index is 12.9. The van der Waals surface area contributed by atoms with Gasteiger partial charge in [-0.2, -0.15) is 0 Å². The number of carbonyl (C=O) groups excluding carboxylic acids is 2. The van der Waals surface area contributed by atoms with Crippen LogP contribution in [0.15, 0.2) is 71.6 Å². The summed E-state index contributed by atoms with van der Waals surface area (Å²) in [6.07, 6.45) is 0.862. The molecule has 3 aromatic rings. The van der Waals surface area contributed by atoms with E-state index in [0.29, 0.717) is 10.7 Å². The first-order valence-corrected chi connectivity index (χ1v) is 12.4. The van der Waals surface area contributed by atoms with Crippen LogP contribution in [-0.4, -0.2) is 22.1 Å². The van der Waals surface area contributed by atoms with E-state index in [1.807, 2.05) is 68.4 Å². The predicted molar refractivity (Wildman–Crippen MR) is 147 cm³/mol. The zero-order chi connectivity index (χ0) is 24.7. The second-order valence-electron chi connectivity index (χ2n) is 7.95. The van der Waals surface area contributed by atoms with Gasteiger partial charge in [-0.25, -0.2) is 0 Å². The van der Waals surface area contributed by atoms with Crippen LogP contribution < -0.4 is 16.0 Å². The molecule has 3 aromatic carbocycles. The Labute approximate surface area is 210 Å². The SMILES string of the molecule is CCc1cccc(C)c1NC(=O)C(C)Sc1cccc(NC(=S)Nc2ccc(C(C)=O)cc2)c1.